The number of pyridine rings is 1. The molecule has 0 aliphatic heterocycles. The Kier molecular flexibility index (Phi) is 2.91. The van der Waals surface area contributed by atoms with Gasteiger partial charge in [-0.05, 0) is 51.2 Å². The lowest BCUT2D eigenvalue weighted by Gasteiger charge is -2.03. The standard InChI is InChI=1S/C8H6I2N4/c9-7-8(10)14(4-13-7)6-1-5(11)2-12-3-6/h1-4H,11H2. The fourth-order valence-corrected chi connectivity index (χ4v) is 2.00. The number of nitrogens with zero attached hydrogens (tertiary/aromatic N) is 3. The van der Waals surface area contributed by atoms with Crippen molar-refractivity contribution in [3.8, 4) is 5.69 Å². The van der Waals surface area contributed by atoms with Crippen molar-refractivity contribution in [3.05, 3.63) is 32.2 Å². The molecule has 0 saturated heterocycles. The number of nitrogen functional groups attached to an aromatic ring is 1. The molecule has 0 spiro atoms. The van der Waals surface area contributed by atoms with Crippen molar-refractivity contribution in [1.29, 1.82) is 0 Å². The first kappa shape index (κ1) is 10.1. The number of hydrogen-bond acceptors (Lipinski definition) is 3. The molecule has 2 heterocycles. The molecule has 2 rings (SSSR count). The average Bonchev–Trinajstić information content (AvgIpc) is 2.48. The lowest BCUT2D eigenvalue weighted by atomic mass is 10.4. The van der Waals surface area contributed by atoms with Gasteiger partial charge >= 0.3 is 0 Å². The number of halogens is 2. The Hall–Kier alpha value is -0.380. The van der Waals surface area contributed by atoms with E-state index >= 15 is 0 Å². The third-order valence-corrected chi connectivity index (χ3v) is 4.54. The van der Waals surface area contributed by atoms with Gasteiger partial charge in [0.15, 0.2) is 0 Å². The highest BCUT2D eigenvalue weighted by Gasteiger charge is 2.06. The molecule has 0 bridgehead atoms. The molecule has 0 aliphatic rings. The van der Waals surface area contributed by atoms with Gasteiger partial charge in [-0.3, -0.25) is 9.55 Å². The van der Waals surface area contributed by atoms with Crippen LogP contribution in [0.1, 0.15) is 0 Å². The van der Waals surface area contributed by atoms with Crippen molar-refractivity contribution < 1.29 is 0 Å². The maximum Gasteiger partial charge on any atom is 0.133 e. The average molecular weight is 412 g/mol. The zero-order chi connectivity index (χ0) is 10.1. The highest BCUT2D eigenvalue weighted by atomic mass is 127. The van der Waals surface area contributed by atoms with E-state index in [1.54, 1.807) is 18.7 Å². The maximum absolute atomic E-state index is 5.65. The van der Waals surface area contributed by atoms with Crippen LogP contribution in [0.2, 0.25) is 0 Å². The van der Waals surface area contributed by atoms with Gasteiger partial charge in [0.25, 0.3) is 0 Å². The van der Waals surface area contributed by atoms with Gasteiger partial charge in [0.05, 0.1) is 17.6 Å². The molecule has 72 valence electrons. The summed E-state index contributed by atoms with van der Waals surface area (Å²) in [6, 6.07) is 1.87. The maximum atomic E-state index is 5.65. The smallest absolute Gasteiger partial charge is 0.133 e. The largest absolute Gasteiger partial charge is 0.397 e. The van der Waals surface area contributed by atoms with Gasteiger partial charge in [0, 0.05) is 6.20 Å². The van der Waals surface area contributed by atoms with Crippen LogP contribution in [0.3, 0.4) is 0 Å². The molecule has 14 heavy (non-hydrogen) atoms. The van der Waals surface area contributed by atoms with Gasteiger partial charge in [-0.1, -0.05) is 0 Å². The van der Waals surface area contributed by atoms with Crippen LogP contribution in [-0.4, -0.2) is 14.5 Å². The summed E-state index contributed by atoms with van der Waals surface area (Å²) in [6.07, 6.45) is 5.15. The minimum absolute atomic E-state index is 0.655. The first-order valence-electron chi connectivity index (χ1n) is 3.77. The Morgan fingerprint density at radius 2 is 2.07 bits per heavy atom. The van der Waals surface area contributed by atoms with E-state index in [1.807, 2.05) is 10.6 Å². The fraction of sp³-hybridized carbons (Fsp3) is 0. The molecule has 0 aliphatic carbocycles. The van der Waals surface area contributed by atoms with Crippen LogP contribution < -0.4 is 5.73 Å². The Labute approximate surface area is 108 Å². The third kappa shape index (κ3) is 1.85. The molecule has 0 atom stereocenters. The predicted octanol–water partition coefficient (Wildman–Crippen LogP) is 2.06. The Morgan fingerprint density at radius 1 is 1.29 bits per heavy atom. The van der Waals surface area contributed by atoms with Crippen LogP contribution in [0.5, 0.6) is 0 Å². The Bertz CT molecular complexity index is 466. The second-order valence-corrected chi connectivity index (χ2v) is 4.72. The molecular weight excluding hydrogens is 406 g/mol. The molecule has 0 radical (unpaired) electrons. The minimum Gasteiger partial charge on any atom is -0.397 e. The lowest BCUT2D eigenvalue weighted by Crippen LogP contribution is -1.97. The number of nitrogens with two attached hydrogens (primary N) is 1. The van der Waals surface area contributed by atoms with Gasteiger partial charge in [-0.2, -0.15) is 0 Å². The molecule has 0 saturated carbocycles. The molecule has 4 nitrogen and oxygen atoms in total. The van der Waals surface area contributed by atoms with Crippen molar-refractivity contribution in [2.45, 2.75) is 0 Å². The number of anilines is 1. The van der Waals surface area contributed by atoms with Gasteiger partial charge in [-0.15, -0.1) is 0 Å². The highest BCUT2D eigenvalue weighted by Crippen LogP contribution is 2.18. The summed E-state index contributed by atoms with van der Waals surface area (Å²) in [5, 5.41) is 0. The lowest BCUT2D eigenvalue weighted by molar-refractivity contribution is 1.01. The summed E-state index contributed by atoms with van der Waals surface area (Å²) in [6.45, 7) is 0. The van der Waals surface area contributed by atoms with E-state index in [2.05, 4.69) is 55.1 Å². The van der Waals surface area contributed by atoms with E-state index < -0.39 is 0 Å². The summed E-state index contributed by atoms with van der Waals surface area (Å²) in [5.41, 5.74) is 7.24. The van der Waals surface area contributed by atoms with Crippen LogP contribution in [0.4, 0.5) is 5.69 Å². The molecule has 0 fully saturated rings. The van der Waals surface area contributed by atoms with Crippen molar-refractivity contribution >= 4 is 50.9 Å². The van der Waals surface area contributed by atoms with Crippen LogP contribution in [0, 0.1) is 7.40 Å². The van der Waals surface area contributed by atoms with Gasteiger partial charge in [-0.25, -0.2) is 4.98 Å². The molecule has 0 unspecified atom stereocenters. The minimum atomic E-state index is 0.655. The van der Waals surface area contributed by atoms with Crippen LogP contribution >= 0.6 is 45.2 Å². The summed E-state index contributed by atoms with van der Waals surface area (Å²) in [7, 11) is 0. The molecule has 2 N–H and O–H groups in total. The molecule has 2 aromatic heterocycles. The molecular formula is C8H6I2N4. The SMILES string of the molecule is Nc1cncc(-n2cnc(I)c2I)c1. The topological polar surface area (TPSA) is 56.7 Å². The van der Waals surface area contributed by atoms with Crippen molar-refractivity contribution in [3.63, 3.8) is 0 Å². The molecule has 2 aromatic rings. The van der Waals surface area contributed by atoms with Crippen molar-refractivity contribution in [1.82, 2.24) is 14.5 Å². The number of hydrogen-bond donors (Lipinski definition) is 1. The molecule has 6 heteroatoms. The number of imidazole rings is 1. The fourth-order valence-electron chi connectivity index (χ4n) is 1.07. The normalized spacial score (nSPS) is 10.4. The summed E-state index contributed by atoms with van der Waals surface area (Å²) >= 11 is 4.43. The summed E-state index contributed by atoms with van der Waals surface area (Å²) in [5.74, 6) is 0. The Balaban J connectivity index is 2.55. The first-order valence-corrected chi connectivity index (χ1v) is 5.93. The van der Waals surface area contributed by atoms with Gasteiger partial charge in [0.2, 0.25) is 0 Å². The first-order chi connectivity index (χ1) is 6.68. The zero-order valence-corrected chi connectivity index (χ0v) is 11.3. The van der Waals surface area contributed by atoms with Crippen LogP contribution in [-0.2, 0) is 0 Å². The van der Waals surface area contributed by atoms with E-state index in [4.69, 9.17) is 5.73 Å². The second-order valence-electron chi connectivity index (χ2n) is 2.67. The molecule has 0 aromatic carbocycles. The summed E-state index contributed by atoms with van der Waals surface area (Å²) < 4.78 is 3.99. The van der Waals surface area contributed by atoms with E-state index in [0.717, 1.165) is 13.1 Å². The van der Waals surface area contributed by atoms with E-state index in [0.29, 0.717) is 5.69 Å². The van der Waals surface area contributed by atoms with Crippen LogP contribution in [0.25, 0.3) is 5.69 Å². The zero-order valence-electron chi connectivity index (χ0n) is 6.98. The molecule has 0 amide bonds. The second kappa shape index (κ2) is 4.01. The van der Waals surface area contributed by atoms with Crippen LogP contribution in [0.15, 0.2) is 24.8 Å². The van der Waals surface area contributed by atoms with Crippen molar-refractivity contribution in [2.75, 3.05) is 5.73 Å². The van der Waals surface area contributed by atoms with E-state index in [9.17, 15) is 0 Å². The predicted molar refractivity (Wildman–Crippen MR) is 71.2 cm³/mol. The number of aromatic nitrogens is 3. The Morgan fingerprint density at radius 3 is 2.64 bits per heavy atom. The van der Waals surface area contributed by atoms with E-state index in [-0.39, 0.29) is 0 Å². The summed E-state index contributed by atoms with van der Waals surface area (Å²) in [4.78, 5) is 8.23. The van der Waals surface area contributed by atoms with Gasteiger partial charge < -0.3 is 5.73 Å². The third-order valence-electron chi connectivity index (χ3n) is 1.69. The monoisotopic (exact) mass is 412 g/mol. The van der Waals surface area contributed by atoms with Gasteiger partial charge in [0.1, 0.15) is 13.7 Å². The number of rotatable bonds is 1. The van der Waals surface area contributed by atoms with Crippen molar-refractivity contribution in [2.24, 2.45) is 0 Å². The quantitative estimate of drug-likeness (QED) is 0.731. The van der Waals surface area contributed by atoms with E-state index in [1.165, 1.54) is 0 Å². The highest BCUT2D eigenvalue weighted by molar-refractivity contribution is 14.1.